The van der Waals surface area contributed by atoms with Crippen LogP contribution in [0.2, 0.25) is 0 Å². The minimum atomic E-state index is 0.812. The lowest BCUT2D eigenvalue weighted by molar-refractivity contribution is 0.481. The normalized spacial score (nSPS) is 12.2. The lowest BCUT2D eigenvalue weighted by atomic mass is 9.97. The smallest absolute Gasteiger partial charge is 0.178 e. The second-order valence-electron chi connectivity index (χ2n) is 17.3. The van der Waals surface area contributed by atoms with Gasteiger partial charge in [0.1, 0.15) is 22.3 Å². The van der Waals surface area contributed by atoms with Crippen molar-refractivity contribution in [3.8, 4) is 39.4 Å². The van der Waals surface area contributed by atoms with Crippen molar-refractivity contribution in [2.45, 2.75) is 0 Å². The van der Waals surface area contributed by atoms with Crippen LogP contribution in [0.25, 0.3) is 82.7 Å². The maximum absolute atomic E-state index is 6.94. The highest BCUT2D eigenvalue weighted by Gasteiger charge is 2.33. The summed E-state index contributed by atoms with van der Waals surface area (Å²) < 4.78 is 22.1. The number of hydrogen-bond donors (Lipinski definition) is 0. The number of ether oxygens (including phenoxy) is 1. The molecule has 3 aromatic heterocycles. The largest absolute Gasteiger partial charge is 0.456 e. The van der Waals surface area contributed by atoms with Crippen molar-refractivity contribution >= 4 is 89.0 Å². The number of hydrogen-bond acceptors (Lipinski definition) is 5. The van der Waals surface area contributed by atoms with E-state index >= 15 is 0 Å². The Balaban J connectivity index is 0.895. The second-order valence-corrected chi connectivity index (χ2v) is 17.3. The minimum Gasteiger partial charge on any atom is -0.456 e. The van der Waals surface area contributed by atoms with Crippen molar-refractivity contribution in [2.24, 2.45) is 0 Å². The number of rotatable bonds is 7. The third kappa shape index (κ3) is 6.05. The standard InChI is InChI=1S/C62H39N3O3/c1-3-18-44(19-4-1)64-54-34-29-43(37-53(54)61-62(64)65(45-20-5-2-6-21-45)55-25-9-12-28-58(55)68-61)41-16-13-15-40(35-41)42-17-14-22-46(36-42)63(47-30-32-51-49-23-7-10-26-56(49)66-59(51)38-47)48-31-33-52-50-24-8-11-27-57(50)67-60(52)39-48/h1-39H. The van der Waals surface area contributed by atoms with Gasteiger partial charge in [-0.25, -0.2) is 0 Å². The van der Waals surface area contributed by atoms with Gasteiger partial charge in [0.25, 0.3) is 0 Å². The van der Waals surface area contributed by atoms with E-state index in [1.54, 1.807) is 0 Å². The van der Waals surface area contributed by atoms with Crippen LogP contribution in [-0.2, 0) is 0 Å². The summed E-state index contributed by atoms with van der Waals surface area (Å²) in [4.78, 5) is 4.61. The molecule has 10 aromatic carbocycles. The molecule has 6 heteroatoms. The van der Waals surface area contributed by atoms with E-state index in [4.69, 9.17) is 13.6 Å². The molecule has 0 saturated carbocycles. The first kappa shape index (κ1) is 38.1. The molecule has 6 nitrogen and oxygen atoms in total. The molecule has 13 aromatic rings. The van der Waals surface area contributed by atoms with Crippen LogP contribution in [0.3, 0.4) is 0 Å². The summed E-state index contributed by atoms with van der Waals surface area (Å²) >= 11 is 0. The number of nitrogens with zero attached hydrogens (tertiary/aromatic N) is 3. The Bertz CT molecular complexity index is 3980. The van der Waals surface area contributed by atoms with E-state index in [0.29, 0.717) is 0 Å². The van der Waals surface area contributed by atoms with Crippen LogP contribution in [0.4, 0.5) is 34.3 Å². The van der Waals surface area contributed by atoms with E-state index in [2.05, 4.69) is 221 Å². The molecule has 1 aliphatic heterocycles. The molecule has 0 radical (unpaired) electrons. The van der Waals surface area contributed by atoms with Crippen LogP contribution in [0, 0.1) is 0 Å². The molecular formula is C62H39N3O3. The predicted octanol–water partition coefficient (Wildman–Crippen LogP) is 17.8. The van der Waals surface area contributed by atoms with Crippen LogP contribution in [0.1, 0.15) is 0 Å². The number of para-hydroxylation sites is 6. The third-order valence-electron chi connectivity index (χ3n) is 13.3. The highest BCUT2D eigenvalue weighted by molar-refractivity contribution is 6.08. The van der Waals surface area contributed by atoms with Crippen LogP contribution in [-0.4, -0.2) is 4.57 Å². The maximum Gasteiger partial charge on any atom is 0.178 e. The van der Waals surface area contributed by atoms with Gasteiger partial charge in [0.05, 0.1) is 11.2 Å². The van der Waals surface area contributed by atoms with E-state index in [-0.39, 0.29) is 0 Å². The zero-order chi connectivity index (χ0) is 44.7. The topological polar surface area (TPSA) is 46.9 Å². The van der Waals surface area contributed by atoms with Gasteiger partial charge >= 0.3 is 0 Å². The molecule has 4 heterocycles. The van der Waals surface area contributed by atoms with Crippen molar-refractivity contribution in [1.82, 2.24) is 4.57 Å². The zero-order valence-corrected chi connectivity index (χ0v) is 36.6. The molecule has 0 atom stereocenters. The van der Waals surface area contributed by atoms with Crippen molar-refractivity contribution < 1.29 is 13.6 Å². The van der Waals surface area contributed by atoms with Crippen molar-refractivity contribution in [3.05, 3.63) is 237 Å². The summed E-state index contributed by atoms with van der Waals surface area (Å²) in [6.07, 6.45) is 0. The van der Waals surface area contributed by atoms with Crippen molar-refractivity contribution in [2.75, 3.05) is 9.80 Å². The first-order chi connectivity index (χ1) is 33.7. The van der Waals surface area contributed by atoms with Gasteiger partial charge in [0, 0.05) is 67.5 Å². The highest BCUT2D eigenvalue weighted by Crippen LogP contribution is 2.55. The molecule has 320 valence electrons. The van der Waals surface area contributed by atoms with Gasteiger partial charge in [0.15, 0.2) is 17.3 Å². The van der Waals surface area contributed by atoms with Crippen LogP contribution < -0.4 is 14.5 Å². The summed E-state index contributed by atoms with van der Waals surface area (Å²) in [5.74, 6) is 2.59. The average Bonchev–Trinajstić information content (AvgIpc) is 4.07. The summed E-state index contributed by atoms with van der Waals surface area (Å²) in [6.45, 7) is 0. The molecule has 0 spiro atoms. The molecule has 0 fully saturated rings. The summed E-state index contributed by atoms with van der Waals surface area (Å²) in [6, 6.07) is 83.1. The second kappa shape index (κ2) is 15.2. The lowest BCUT2D eigenvalue weighted by Gasteiger charge is -2.32. The SMILES string of the molecule is c1ccc(N2c3ccccc3Oc3c2n(-c2ccccc2)c2ccc(-c4cccc(-c5cccc(N(c6ccc7c(c6)oc6ccccc67)c6ccc7c(c6)oc6ccccc67)c5)c4)cc32)cc1. The van der Waals surface area contributed by atoms with Gasteiger partial charge in [-0.15, -0.1) is 0 Å². The first-order valence-electron chi connectivity index (χ1n) is 22.9. The number of fused-ring (bicyclic) bond motifs is 10. The zero-order valence-electron chi connectivity index (χ0n) is 36.6. The van der Waals surface area contributed by atoms with Gasteiger partial charge in [-0.1, -0.05) is 121 Å². The molecule has 14 rings (SSSR count). The van der Waals surface area contributed by atoms with Gasteiger partial charge in [-0.2, -0.15) is 0 Å². The Kier molecular flexibility index (Phi) is 8.48. The summed E-state index contributed by atoms with van der Waals surface area (Å²) in [5.41, 5.74) is 14.9. The van der Waals surface area contributed by atoms with Crippen LogP contribution in [0.5, 0.6) is 11.5 Å². The molecule has 1 aliphatic rings. The predicted molar refractivity (Wildman–Crippen MR) is 278 cm³/mol. The fourth-order valence-electron chi connectivity index (χ4n) is 10.2. The van der Waals surface area contributed by atoms with E-state index in [9.17, 15) is 0 Å². The number of anilines is 6. The third-order valence-corrected chi connectivity index (χ3v) is 13.3. The summed E-state index contributed by atoms with van der Waals surface area (Å²) in [7, 11) is 0. The number of aromatic nitrogens is 1. The lowest BCUT2D eigenvalue weighted by Crippen LogP contribution is -2.18. The van der Waals surface area contributed by atoms with E-state index in [0.717, 1.165) is 128 Å². The van der Waals surface area contributed by atoms with E-state index < -0.39 is 0 Å². The average molecular weight is 874 g/mol. The molecular weight excluding hydrogens is 835 g/mol. The molecule has 0 aliphatic carbocycles. The Morgan fingerprint density at radius 3 is 1.54 bits per heavy atom. The monoisotopic (exact) mass is 873 g/mol. The Hall–Kier alpha value is -9.26. The molecule has 0 amide bonds. The van der Waals surface area contributed by atoms with Gasteiger partial charge in [-0.3, -0.25) is 9.47 Å². The van der Waals surface area contributed by atoms with Crippen LogP contribution in [0.15, 0.2) is 245 Å². The molecule has 0 N–H and O–H groups in total. The molecule has 0 bridgehead atoms. The molecule has 68 heavy (non-hydrogen) atoms. The van der Waals surface area contributed by atoms with Crippen LogP contribution >= 0.6 is 0 Å². The van der Waals surface area contributed by atoms with E-state index in [1.807, 2.05) is 30.3 Å². The molecule has 0 saturated heterocycles. The van der Waals surface area contributed by atoms with Gasteiger partial charge in [0.2, 0.25) is 0 Å². The first-order valence-corrected chi connectivity index (χ1v) is 22.9. The van der Waals surface area contributed by atoms with Gasteiger partial charge in [-0.05, 0) is 125 Å². The molecule has 0 unspecified atom stereocenters. The Morgan fingerprint density at radius 2 is 0.868 bits per heavy atom. The fraction of sp³-hybridized carbons (Fsp3) is 0. The fourth-order valence-corrected chi connectivity index (χ4v) is 10.2. The van der Waals surface area contributed by atoms with Crippen molar-refractivity contribution in [3.63, 3.8) is 0 Å². The maximum atomic E-state index is 6.94. The Labute approximate surface area is 391 Å². The minimum absolute atomic E-state index is 0.812. The highest BCUT2D eigenvalue weighted by atomic mass is 16.5. The number of furan rings is 2. The number of benzene rings is 10. The summed E-state index contributed by atoms with van der Waals surface area (Å²) in [5, 5.41) is 5.41. The quantitative estimate of drug-likeness (QED) is 0.160. The van der Waals surface area contributed by atoms with Gasteiger partial charge < -0.3 is 18.5 Å². The Morgan fingerprint density at radius 1 is 0.338 bits per heavy atom. The van der Waals surface area contributed by atoms with Crippen molar-refractivity contribution in [1.29, 1.82) is 0 Å². The van der Waals surface area contributed by atoms with E-state index in [1.165, 1.54) is 0 Å².